The summed E-state index contributed by atoms with van der Waals surface area (Å²) in [5.41, 5.74) is 1.54. The Hall–Kier alpha value is -3.33. The van der Waals surface area contributed by atoms with Gasteiger partial charge in [-0.1, -0.05) is 51.1 Å². The van der Waals surface area contributed by atoms with E-state index < -0.39 is 18.0 Å². The van der Waals surface area contributed by atoms with Gasteiger partial charge in [-0.3, -0.25) is 4.79 Å². The lowest BCUT2D eigenvalue weighted by molar-refractivity contribution is -0.155. The van der Waals surface area contributed by atoms with E-state index in [2.05, 4.69) is 26.1 Å². The first-order valence-electron chi connectivity index (χ1n) is 8.94. The number of carbonyl (C=O) groups excluding carboxylic acids is 2. The topological polar surface area (TPSA) is 88.4 Å². The Morgan fingerprint density at radius 2 is 1.75 bits per heavy atom. The molecule has 0 aliphatic carbocycles. The number of rotatable bonds is 6. The third kappa shape index (κ3) is 5.58. The zero-order chi connectivity index (χ0) is 20.7. The standard InChI is InChI=1S/C22H24N2O4/c1-15(21(26)24-18-11-7-5-9-16(18)13-23)28-20(25)14-27-19-12-8-6-10-17(19)22(2,3)4/h5-12,15H,14H2,1-4H3,(H,24,26)/t15-/m1/s1. The van der Waals surface area contributed by atoms with Crippen LogP contribution in [0.25, 0.3) is 0 Å². The summed E-state index contributed by atoms with van der Waals surface area (Å²) in [6.45, 7) is 7.32. The van der Waals surface area contributed by atoms with Crippen molar-refractivity contribution in [1.29, 1.82) is 5.26 Å². The minimum absolute atomic E-state index is 0.137. The van der Waals surface area contributed by atoms with E-state index in [-0.39, 0.29) is 12.0 Å². The van der Waals surface area contributed by atoms with Crippen LogP contribution in [0.15, 0.2) is 48.5 Å². The fourth-order valence-electron chi connectivity index (χ4n) is 2.56. The highest BCUT2D eigenvalue weighted by atomic mass is 16.6. The second-order valence-electron chi connectivity index (χ2n) is 7.31. The first kappa shape index (κ1) is 21.0. The highest BCUT2D eigenvalue weighted by molar-refractivity contribution is 5.96. The Morgan fingerprint density at radius 3 is 2.43 bits per heavy atom. The molecular formula is C22H24N2O4. The quantitative estimate of drug-likeness (QED) is 0.770. The molecule has 2 aromatic carbocycles. The number of benzene rings is 2. The summed E-state index contributed by atoms with van der Waals surface area (Å²) in [6.07, 6.45) is -1.03. The number of nitrogens with zero attached hydrogens (tertiary/aromatic N) is 1. The molecule has 1 atom stereocenters. The van der Waals surface area contributed by atoms with E-state index in [1.165, 1.54) is 6.92 Å². The monoisotopic (exact) mass is 380 g/mol. The number of amides is 1. The summed E-state index contributed by atoms with van der Waals surface area (Å²) >= 11 is 0. The minimum Gasteiger partial charge on any atom is -0.482 e. The van der Waals surface area contributed by atoms with E-state index in [1.807, 2.05) is 24.3 Å². The molecule has 0 saturated carbocycles. The molecule has 2 aromatic rings. The van der Waals surface area contributed by atoms with Gasteiger partial charge in [-0.2, -0.15) is 5.26 Å². The number of nitriles is 1. The molecule has 0 spiro atoms. The average molecular weight is 380 g/mol. The van der Waals surface area contributed by atoms with Crippen molar-refractivity contribution in [2.75, 3.05) is 11.9 Å². The van der Waals surface area contributed by atoms with Crippen LogP contribution in [-0.2, 0) is 19.7 Å². The van der Waals surface area contributed by atoms with E-state index in [4.69, 9.17) is 14.7 Å². The van der Waals surface area contributed by atoms with Crippen LogP contribution in [0.1, 0.15) is 38.8 Å². The number of para-hydroxylation sites is 2. The van der Waals surface area contributed by atoms with E-state index in [0.29, 0.717) is 17.0 Å². The Kier molecular flexibility index (Phi) is 6.78. The lowest BCUT2D eigenvalue weighted by atomic mass is 9.86. The average Bonchev–Trinajstić information content (AvgIpc) is 2.66. The van der Waals surface area contributed by atoms with E-state index in [9.17, 15) is 9.59 Å². The summed E-state index contributed by atoms with van der Waals surface area (Å²) < 4.78 is 10.8. The predicted octanol–water partition coefficient (Wildman–Crippen LogP) is 3.80. The van der Waals surface area contributed by atoms with Gasteiger partial charge in [-0.25, -0.2) is 4.79 Å². The SMILES string of the molecule is C[C@@H](OC(=O)COc1ccccc1C(C)(C)C)C(=O)Nc1ccccc1C#N. The van der Waals surface area contributed by atoms with Crippen molar-refractivity contribution in [2.45, 2.75) is 39.2 Å². The summed E-state index contributed by atoms with van der Waals surface area (Å²) in [5.74, 6) is -0.571. The lowest BCUT2D eigenvalue weighted by Gasteiger charge is -2.22. The van der Waals surface area contributed by atoms with Crippen LogP contribution >= 0.6 is 0 Å². The molecule has 1 N–H and O–H groups in total. The molecule has 0 unspecified atom stereocenters. The number of hydrogen-bond acceptors (Lipinski definition) is 5. The van der Waals surface area contributed by atoms with Crippen molar-refractivity contribution in [3.8, 4) is 11.8 Å². The molecule has 28 heavy (non-hydrogen) atoms. The molecule has 0 aliphatic rings. The van der Waals surface area contributed by atoms with Gasteiger partial charge in [0.2, 0.25) is 0 Å². The maximum absolute atomic E-state index is 12.2. The first-order valence-corrected chi connectivity index (χ1v) is 8.94. The number of ether oxygens (including phenoxy) is 2. The van der Waals surface area contributed by atoms with Gasteiger partial charge in [-0.15, -0.1) is 0 Å². The van der Waals surface area contributed by atoms with Crippen LogP contribution in [0, 0.1) is 11.3 Å². The van der Waals surface area contributed by atoms with Gasteiger partial charge in [0.15, 0.2) is 12.7 Å². The molecule has 0 radical (unpaired) electrons. The van der Waals surface area contributed by atoms with Gasteiger partial charge < -0.3 is 14.8 Å². The Bertz CT molecular complexity index is 894. The molecule has 0 fully saturated rings. The summed E-state index contributed by atoms with van der Waals surface area (Å²) in [5, 5.41) is 11.7. The fraction of sp³-hybridized carbons (Fsp3) is 0.318. The molecule has 0 aromatic heterocycles. The van der Waals surface area contributed by atoms with Crippen molar-refractivity contribution >= 4 is 17.6 Å². The molecule has 6 nitrogen and oxygen atoms in total. The molecule has 0 aliphatic heterocycles. The van der Waals surface area contributed by atoms with Gasteiger partial charge in [-0.05, 0) is 36.1 Å². The largest absolute Gasteiger partial charge is 0.482 e. The van der Waals surface area contributed by atoms with E-state index >= 15 is 0 Å². The number of anilines is 1. The molecule has 2 rings (SSSR count). The fourth-order valence-corrected chi connectivity index (χ4v) is 2.56. The maximum atomic E-state index is 12.2. The van der Waals surface area contributed by atoms with E-state index in [0.717, 1.165) is 5.56 Å². The Morgan fingerprint density at radius 1 is 1.11 bits per heavy atom. The summed E-state index contributed by atoms with van der Waals surface area (Å²) in [7, 11) is 0. The normalized spacial score (nSPS) is 11.8. The summed E-state index contributed by atoms with van der Waals surface area (Å²) in [6, 6.07) is 16.1. The maximum Gasteiger partial charge on any atom is 0.344 e. The van der Waals surface area contributed by atoms with Gasteiger partial charge in [0.1, 0.15) is 11.8 Å². The number of hydrogen-bond donors (Lipinski definition) is 1. The van der Waals surface area contributed by atoms with Gasteiger partial charge >= 0.3 is 5.97 Å². The van der Waals surface area contributed by atoms with Crippen LogP contribution in [0.5, 0.6) is 5.75 Å². The smallest absolute Gasteiger partial charge is 0.344 e. The highest BCUT2D eigenvalue weighted by Gasteiger charge is 2.21. The van der Waals surface area contributed by atoms with Gasteiger partial charge in [0, 0.05) is 0 Å². The van der Waals surface area contributed by atoms with Crippen molar-refractivity contribution in [3.63, 3.8) is 0 Å². The van der Waals surface area contributed by atoms with Crippen LogP contribution < -0.4 is 10.1 Å². The van der Waals surface area contributed by atoms with Gasteiger partial charge in [0.25, 0.3) is 5.91 Å². The molecule has 0 heterocycles. The number of carbonyl (C=O) groups is 2. The van der Waals surface area contributed by atoms with Crippen molar-refractivity contribution in [1.82, 2.24) is 0 Å². The first-order chi connectivity index (χ1) is 13.2. The number of nitrogens with one attached hydrogen (secondary N) is 1. The second-order valence-corrected chi connectivity index (χ2v) is 7.31. The zero-order valence-electron chi connectivity index (χ0n) is 16.5. The van der Waals surface area contributed by atoms with Crippen LogP contribution in [0.2, 0.25) is 0 Å². The summed E-state index contributed by atoms with van der Waals surface area (Å²) in [4.78, 5) is 24.3. The second kappa shape index (κ2) is 9.05. The number of esters is 1. The van der Waals surface area contributed by atoms with Gasteiger partial charge in [0.05, 0.1) is 11.3 Å². The van der Waals surface area contributed by atoms with Crippen LogP contribution in [0.4, 0.5) is 5.69 Å². The highest BCUT2D eigenvalue weighted by Crippen LogP contribution is 2.30. The molecule has 0 bridgehead atoms. The molecular weight excluding hydrogens is 356 g/mol. The van der Waals surface area contributed by atoms with E-state index in [1.54, 1.807) is 30.3 Å². The van der Waals surface area contributed by atoms with Crippen LogP contribution in [-0.4, -0.2) is 24.6 Å². The predicted molar refractivity (Wildman–Crippen MR) is 106 cm³/mol. The molecule has 1 amide bonds. The van der Waals surface area contributed by atoms with Crippen molar-refractivity contribution in [2.24, 2.45) is 0 Å². The Balaban J connectivity index is 1.93. The van der Waals surface area contributed by atoms with Crippen molar-refractivity contribution in [3.05, 3.63) is 59.7 Å². The lowest BCUT2D eigenvalue weighted by Crippen LogP contribution is -2.32. The molecule has 146 valence electrons. The Labute approximate surface area is 165 Å². The zero-order valence-corrected chi connectivity index (χ0v) is 16.5. The van der Waals surface area contributed by atoms with Crippen LogP contribution in [0.3, 0.4) is 0 Å². The molecule has 0 saturated heterocycles. The molecule has 6 heteroatoms. The van der Waals surface area contributed by atoms with Crippen molar-refractivity contribution < 1.29 is 19.1 Å². The third-order valence-electron chi connectivity index (χ3n) is 4.02. The minimum atomic E-state index is -1.03. The third-order valence-corrected chi connectivity index (χ3v) is 4.02.